The first-order valence-corrected chi connectivity index (χ1v) is 11.0. The first-order valence-electron chi connectivity index (χ1n) is 11.0. The molecule has 1 amide bonds. The van der Waals surface area contributed by atoms with Crippen LogP contribution < -0.4 is 10.2 Å². The molecule has 0 saturated carbocycles. The van der Waals surface area contributed by atoms with Gasteiger partial charge in [-0.1, -0.05) is 12.1 Å². The zero-order valence-corrected chi connectivity index (χ0v) is 18.6. The minimum Gasteiger partial charge on any atom is -0.494 e. The van der Waals surface area contributed by atoms with Crippen LogP contribution in [-0.2, 0) is 14.4 Å². The highest BCUT2D eigenvalue weighted by atomic mass is 16.7. The summed E-state index contributed by atoms with van der Waals surface area (Å²) >= 11 is 0. The van der Waals surface area contributed by atoms with Crippen molar-refractivity contribution in [3.8, 4) is 5.75 Å². The molecule has 31 heavy (non-hydrogen) atoms. The van der Waals surface area contributed by atoms with Crippen LogP contribution in [0.5, 0.6) is 5.75 Å². The number of likely N-dealkylation sites (tertiary alicyclic amines) is 1. The molecule has 3 rings (SSSR count). The van der Waals surface area contributed by atoms with E-state index >= 15 is 0 Å². The Morgan fingerprint density at radius 3 is 2.42 bits per heavy atom. The third-order valence-electron chi connectivity index (χ3n) is 5.70. The van der Waals surface area contributed by atoms with E-state index in [0.717, 1.165) is 25.0 Å². The fourth-order valence-electron chi connectivity index (χ4n) is 4.02. The number of rotatable bonds is 7. The van der Waals surface area contributed by atoms with Gasteiger partial charge in [-0.05, 0) is 70.1 Å². The third kappa shape index (κ3) is 6.83. The summed E-state index contributed by atoms with van der Waals surface area (Å²) in [5.41, 5.74) is 2.99. The largest absolute Gasteiger partial charge is 0.494 e. The molecule has 2 unspecified atom stereocenters. The Hall–Kier alpha value is -2.32. The second-order valence-electron chi connectivity index (χ2n) is 9.27. The van der Waals surface area contributed by atoms with Crippen molar-refractivity contribution in [2.75, 3.05) is 26.2 Å². The first-order chi connectivity index (χ1) is 14.7. The van der Waals surface area contributed by atoms with E-state index in [2.05, 4.69) is 5.48 Å². The van der Waals surface area contributed by atoms with E-state index < -0.39 is 17.5 Å². The lowest BCUT2D eigenvalue weighted by Crippen LogP contribution is -2.41. The van der Waals surface area contributed by atoms with Gasteiger partial charge in [0.25, 0.3) is 0 Å². The number of hydrogen-bond donors (Lipinski definition) is 2. The normalized spacial score (nSPS) is 21.0. The number of carboxylic acid groups (broad SMARTS) is 1. The van der Waals surface area contributed by atoms with Crippen molar-refractivity contribution < 1.29 is 29.0 Å². The molecule has 0 spiro atoms. The second-order valence-corrected chi connectivity index (χ2v) is 9.27. The zero-order valence-electron chi connectivity index (χ0n) is 18.6. The van der Waals surface area contributed by atoms with Crippen LogP contribution in [0.1, 0.15) is 57.9 Å². The summed E-state index contributed by atoms with van der Waals surface area (Å²) in [5, 5.41) is 9.58. The highest BCUT2D eigenvalue weighted by Crippen LogP contribution is 2.28. The van der Waals surface area contributed by atoms with E-state index in [1.165, 1.54) is 0 Å². The fourth-order valence-corrected chi connectivity index (χ4v) is 4.02. The first kappa shape index (κ1) is 23.3. The van der Waals surface area contributed by atoms with Gasteiger partial charge in [0.05, 0.1) is 12.7 Å². The molecule has 0 bridgehead atoms. The summed E-state index contributed by atoms with van der Waals surface area (Å²) in [6.07, 6.45) is 2.87. The van der Waals surface area contributed by atoms with Crippen molar-refractivity contribution in [3.05, 3.63) is 29.8 Å². The van der Waals surface area contributed by atoms with E-state index in [4.69, 9.17) is 14.3 Å². The molecule has 2 aliphatic rings. The van der Waals surface area contributed by atoms with E-state index in [1.807, 2.05) is 32.9 Å². The monoisotopic (exact) mass is 434 g/mol. The van der Waals surface area contributed by atoms with Gasteiger partial charge in [-0.25, -0.2) is 10.3 Å². The number of amides is 1. The van der Waals surface area contributed by atoms with Crippen molar-refractivity contribution in [1.29, 1.82) is 0 Å². The second kappa shape index (κ2) is 10.3. The molecular formula is C23H34N2O6. The molecule has 172 valence electrons. The van der Waals surface area contributed by atoms with E-state index in [1.54, 1.807) is 17.0 Å². The lowest BCUT2D eigenvalue weighted by atomic mass is 9.92. The average Bonchev–Trinajstić information content (AvgIpc) is 3.22. The van der Waals surface area contributed by atoms with E-state index in [0.29, 0.717) is 44.1 Å². The maximum Gasteiger partial charge on any atom is 0.410 e. The van der Waals surface area contributed by atoms with Crippen molar-refractivity contribution in [1.82, 2.24) is 10.4 Å². The van der Waals surface area contributed by atoms with Crippen molar-refractivity contribution in [2.45, 2.75) is 64.1 Å². The number of nitrogens with one attached hydrogen (secondary N) is 1. The maximum absolute atomic E-state index is 12.2. The Labute approximate surface area is 183 Å². The number of ether oxygens (including phenoxy) is 2. The Kier molecular flexibility index (Phi) is 7.78. The molecule has 2 saturated heterocycles. The molecule has 2 atom stereocenters. The van der Waals surface area contributed by atoms with Gasteiger partial charge in [-0.15, -0.1) is 0 Å². The predicted octanol–water partition coefficient (Wildman–Crippen LogP) is 3.56. The van der Waals surface area contributed by atoms with Gasteiger partial charge in [0.1, 0.15) is 17.3 Å². The maximum atomic E-state index is 12.2. The molecule has 8 heteroatoms. The van der Waals surface area contributed by atoms with E-state index in [9.17, 15) is 14.7 Å². The summed E-state index contributed by atoms with van der Waals surface area (Å²) in [6, 6.07) is 7.24. The number of carbonyl (C=O) groups excluding carboxylic acids is 1. The lowest BCUT2D eigenvalue weighted by Gasteiger charge is -2.33. The number of aliphatic carboxylic acids is 1. The minimum absolute atomic E-state index is 0.235. The van der Waals surface area contributed by atoms with Gasteiger partial charge >= 0.3 is 12.1 Å². The highest BCUT2D eigenvalue weighted by molar-refractivity contribution is 5.77. The summed E-state index contributed by atoms with van der Waals surface area (Å²) in [4.78, 5) is 31.0. The number of carboxylic acids is 1. The molecule has 2 N–H and O–H groups in total. The summed E-state index contributed by atoms with van der Waals surface area (Å²) in [6.45, 7) is 8.31. The molecule has 0 aliphatic carbocycles. The Morgan fingerprint density at radius 1 is 1.19 bits per heavy atom. The number of hydrogen-bond acceptors (Lipinski definition) is 6. The van der Waals surface area contributed by atoms with E-state index in [-0.39, 0.29) is 12.2 Å². The molecule has 2 heterocycles. The smallest absolute Gasteiger partial charge is 0.410 e. The third-order valence-corrected chi connectivity index (χ3v) is 5.70. The molecule has 0 aromatic heterocycles. The molecule has 0 radical (unpaired) electrons. The van der Waals surface area contributed by atoms with Crippen molar-refractivity contribution in [2.24, 2.45) is 5.92 Å². The molecular weight excluding hydrogens is 400 g/mol. The van der Waals surface area contributed by atoms with Crippen LogP contribution in [0.15, 0.2) is 24.3 Å². The Balaban J connectivity index is 1.41. The SMILES string of the molecule is CC(C)(C)OC(=O)N1CCC(CCOc2ccc(C(C(=O)O)C3CCNO3)cc2)CC1. The summed E-state index contributed by atoms with van der Waals surface area (Å²) in [7, 11) is 0. The van der Waals surface area contributed by atoms with Crippen LogP contribution in [0.4, 0.5) is 4.79 Å². The Morgan fingerprint density at radius 2 is 1.87 bits per heavy atom. The van der Waals surface area contributed by atoms with Gasteiger partial charge in [0.2, 0.25) is 0 Å². The van der Waals surface area contributed by atoms with Gasteiger partial charge in [-0.3, -0.25) is 9.63 Å². The van der Waals surface area contributed by atoms with Gasteiger partial charge in [0.15, 0.2) is 0 Å². The van der Waals surface area contributed by atoms with Crippen LogP contribution in [0, 0.1) is 5.92 Å². The van der Waals surface area contributed by atoms with Crippen LogP contribution in [0.25, 0.3) is 0 Å². The van der Waals surface area contributed by atoms with Crippen LogP contribution in [0.3, 0.4) is 0 Å². The van der Waals surface area contributed by atoms with Crippen LogP contribution >= 0.6 is 0 Å². The molecule has 1 aromatic rings. The van der Waals surface area contributed by atoms with Crippen molar-refractivity contribution >= 4 is 12.1 Å². The van der Waals surface area contributed by atoms with Crippen LogP contribution in [-0.4, -0.2) is 60.0 Å². The predicted molar refractivity (Wildman–Crippen MR) is 115 cm³/mol. The summed E-state index contributed by atoms with van der Waals surface area (Å²) < 4.78 is 11.3. The lowest BCUT2D eigenvalue weighted by molar-refractivity contribution is -0.143. The topological polar surface area (TPSA) is 97.3 Å². The molecule has 2 fully saturated rings. The fraction of sp³-hybridized carbons (Fsp3) is 0.652. The van der Waals surface area contributed by atoms with Crippen molar-refractivity contribution in [3.63, 3.8) is 0 Å². The average molecular weight is 435 g/mol. The minimum atomic E-state index is -0.889. The molecule has 1 aromatic carbocycles. The van der Waals surface area contributed by atoms with Crippen LogP contribution in [0.2, 0.25) is 0 Å². The highest BCUT2D eigenvalue weighted by Gasteiger charge is 2.33. The number of benzene rings is 1. The Bertz CT molecular complexity index is 731. The number of carbonyl (C=O) groups is 2. The zero-order chi connectivity index (χ0) is 22.4. The number of hydroxylamine groups is 1. The number of piperidine rings is 1. The molecule has 8 nitrogen and oxygen atoms in total. The number of nitrogens with zero attached hydrogens (tertiary/aromatic N) is 1. The standard InChI is InChI=1S/C23H34N2O6/c1-23(2,3)30-22(28)25-13-9-16(10-14-25)11-15-29-18-6-4-17(5-7-18)20(21(26)27)19-8-12-24-31-19/h4-7,16,19-20,24H,8-15H2,1-3H3,(H,26,27). The summed E-state index contributed by atoms with van der Waals surface area (Å²) in [5.74, 6) is -0.342. The van der Waals surface area contributed by atoms with Gasteiger partial charge < -0.3 is 19.5 Å². The molecule has 2 aliphatic heterocycles. The quantitative estimate of drug-likeness (QED) is 0.677. The van der Waals surface area contributed by atoms with Gasteiger partial charge in [-0.2, -0.15) is 0 Å². The van der Waals surface area contributed by atoms with Gasteiger partial charge in [0, 0.05) is 19.6 Å².